The van der Waals surface area contributed by atoms with Crippen molar-refractivity contribution in [3.63, 3.8) is 0 Å². The van der Waals surface area contributed by atoms with Gasteiger partial charge in [0.15, 0.2) is 0 Å². The molecule has 2 aromatic carbocycles. The lowest BCUT2D eigenvalue weighted by molar-refractivity contribution is -0.384. The van der Waals surface area contributed by atoms with E-state index in [4.69, 9.17) is 0 Å². The van der Waals surface area contributed by atoms with Crippen molar-refractivity contribution in [2.24, 2.45) is 0 Å². The summed E-state index contributed by atoms with van der Waals surface area (Å²) in [6, 6.07) is 16.3. The van der Waals surface area contributed by atoms with Crippen LogP contribution in [0.15, 0.2) is 65.7 Å². The van der Waals surface area contributed by atoms with Crippen molar-refractivity contribution < 1.29 is 9.72 Å². The van der Waals surface area contributed by atoms with Crippen LogP contribution in [0.4, 0.5) is 11.4 Å². The van der Waals surface area contributed by atoms with E-state index < -0.39 is 4.92 Å². The Morgan fingerprint density at radius 3 is 2.44 bits per heavy atom. The van der Waals surface area contributed by atoms with Crippen LogP contribution in [-0.2, 0) is 11.3 Å². The van der Waals surface area contributed by atoms with Crippen molar-refractivity contribution in [1.29, 1.82) is 0 Å². The Hall–Kier alpha value is -3.15. The molecule has 0 fully saturated rings. The number of nitro benzene ring substituents is 1. The monoisotopic (exact) mass is 363 g/mol. The van der Waals surface area contributed by atoms with Crippen molar-refractivity contribution >= 4 is 17.3 Å². The van der Waals surface area contributed by atoms with Gasteiger partial charge in [-0.05, 0) is 49.0 Å². The van der Waals surface area contributed by atoms with E-state index in [1.807, 2.05) is 35.2 Å². The Morgan fingerprint density at radius 2 is 1.74 bits per heavy atom. The number of hydrogen-bond acceptors (Lipinski definition) is 4. The molecule has 0 bridgehead atoms. The molecule has 6 nitrogen and oxygen atoms in total. The van der Waals surface area contributed by atoms with E-state index in [0.717, 1.165) is 42.5 Å². The highest BCUT2D eigenvalue weighted by atomic mass is 16.6. The van der Waals surface area contributed by atoms with Crippen LogP contribution >= 0.6 is 0 Å². The zero-order chi connectivity index (χ0) is 18.8. The number of benzene rings is 2. The van der Waals surface area contributed by atoms with Crippen LogP contribution in [0.5, 0.6) is 0 Å². The van der Waals surface area contributed by atoms with E-state index in [1.165, 1.54) is 17.7 Å². The number of amides is 1. The van der Waals surface area contributed by atoms with Gasteiger partial charge in [-0.3, -0.25) is 14.9 Å². The van der Waals surface area contributed by atoms with Crippen LogP contribution in [-0.4, -0.2) is 21.9 Å². The largest absolute Gasteiger partial charge is 0.362 e. The lowest BCUT2D eigenvalue weighted by Gasteiger charge is -2.29. The number of nitrogens with one attached hydrogen (secondary N) is 1. The van der Waals surface area contributed by atoms with E-state index >= 15 is 0 Å². The van der Waals surface area contributed by atoms with E-state index in [0.29, 0.717) is 6.54 Å². The van der Waals surface area contributed by atoms with Gasteiger partial charge in [0.1, 0.15) is 6.17 Å². The first-order valence-electron chi connectivity index (χ1n) is 9.21. The molecule has 0 saturated heterocycles. The summed E-state index contributed by atoms with van der Waals surface area (Å²) in [6.45, 7) is 0.539. The Morgan fingerprint density at radius 1 is 1.04 bits per heavy atom. The molecule has 1 N–H and O–H groups in total. The van der Waals surface area contributed by atoms with Crippen LogP contribution in [0, 0.1) is 10.1 Å². The fraction of sp³-hybridized carbons (Fsp3) is 0.286. The Kier molecular flexibility index (Phi) is 4.62. The molecule has 138 valence electrons. The van der Waals surface area contributed by atoms with Crippen LogP contribution in [0.2, 0.25) is 0 Å². The standard InChI is InChI=1S/C21H21N3O3/c25-21-19-9-5-4-8-18(19)20(23(21)14-15-6-2-1-3-7-15)22-16-10-12-17(13-11-16)24(26)27/h1-3,6-7,10-13,20,22H,4-5,8-9,14H2. The van der Waals surface area contributed by atoms with E-state index in [-0.39, 0.29) is 17.8 Å². The zero-order valence-corrected chi connectivity index (χ0v) is 14.9. The highest BCUT2D eigenvalue weighted by molar-refractivity contribution is 5.98. The second-order valence-corrected chi connectivity index (χ2v) is 6.98. The molecular weight excluding hydrogens is 342 g/mol. The Bertz CT molecular complexity index is 891. The summed E-state index contributed by atoms with van der Waals surface area (Å²) in [6.07, 6.45) is 3.68. The summed E-state index contributed by atoms with van der Waals surface area (Å²) in [5, 5.41) is 14.3. The highest BCUT2D eigenvalue weighted by Gasteiger charge is 2.39. The van der Waals surface area contributed by atoms with Crippen molar-refractivity contribution in [2.45, 2.75) is 38.4 Å². The molecule has 1 atom stereocenters. The van der Waals surface area contributed by atoms with Crippen LogP contribution in [0.3, 0.4) is 0 Å². The van der Waals surface area contributed by atoms with Crippen LogP contribution in [0.25, 0.3) is 0 Å². The first-order valence-corrected chi connectivity index (χ1v) is 9.21. The molecule has 27 heavy (non-hydrogen) atoms. The quantitative estimate of drug-likeness (QED) is 0.637. The number of hydrogen-bond donors (Lipinski definition) is 1. The van der Waals surface area contributed by atoms with Crippen molar-refractivity contribution in [3.8, 4) is 0 Å². The van der Waals surface area contributed by atoms with Gasteiger partial charge in [-0.2, -0.15) is 0 Å². The molecule has 1 heterocycles. The van der Waals surface area contributed by atoms with E-state index in [1.54, 1.807) is 12.1 Å². The molecule has 2 aromatic rings. The number of rotatable bonds is 5. The third kappa shape index (κ3) is 3.43. The minimum Gasteiger partial charge on any atom is -0.362 e. The summed E-state index contributed by atoms with van der Waals surface area (Å²) in [5.74, 6) is 0.105. The lowest BCUT2D eigenvalue weighted by Crippen LogP contribution is -2.40. The summed E-state index contributed by atoms with van der Waals surface area (Å²) in [7, 11) is 0. The van der Waals surface area contributed by atoms with Gasteiger partial charge in [0.05, 0.1) is 4.92 Å². The summed E-state index contributed by atoms with van der Waals surface area (Å²) in [4.78, 5) is 25.4. The number of carbonyl (C=O) groups excluding carboxylic acids is 1. The average Bonchev–Trinajstić information content (AvgIpc) is 2.95. The van der Waals surface area contributed by atoms with E-state index in [9.17, 15) is 14.9 Å². The van der Waals surface area contributed by atoms with Crippen molar-refractivity contribution in [2.75, 3.05) is 5.32 Å². The van der Waals surface area contributed by atoms with Gasteiger partial charge in [-0.25, -0.2) is 0 Å². The second-order valence-electron chi connectivity index (χ2n) is 6.98. The minimum absolute atomic E-state index is 0.0572. The summed E-state index contributed by atoms with van der Waals surface area (Å²) >= 11 is 0. The van der Waals surface area contributed by atoms with Gasteiger partial charge in [-0.15, -0.1) is 0 Å². The molecular formula is C21H21N3O3. The normalized spacial score (nSPS) is 19.2. The lowest BCUT2D eigenvalue weighted by atomic mass is 9.92. The average molecular weight is 363 g/mol. The summed E-state index contributed by atoms with van der Waals surface area (Å²) in [5.41, 5.74) is 4.02. The molecule has 1 aliphatic carbocycles. The molecule has 1 unspecified atom stereocenters. The highest BCUT2D eigenvalue weighted by Crippen LogP contribution is 2.37. The van der Waals surface area contributed by atoms with E-state index in [2.05, 4.69) is 5.32 Å². The molecule has 1 amide bonds. The van der Waals surface area contributed by atoms with Gasteiger partial charge in [0, 0.05) is 29.9 Å². The van der Waals surface area contributed by atoms with Gasteiger partial charge >= 0.3 is 0 Å². The summed E-state index contributed by atoms with van der Waals surface area (Å²) < 4.78 is 0. The third-order valence-corrected chi connectivity index (χ3v) is 5.25. The molecule has 0 spiro atoms. The number of anilines is 1. The zero-order valence-electron chi connectivity index (χ0n) is 14.9. The topological polar surface area (TPSA) is 75.5 Å². The smallest absolute Gasteiger partial charge is 0.269 e. The first-order chi connectivity index (χ1) is 13.1. The number of nitrogens with zero attached hydrogens (tertiary/aromatic N) is 2. The second kappa shape index (κ2) is 7.23. The maximum Gasteiger partial charge on any atom is 0.269 e. The van der Waals surface area contributed by atoms with Crippen LogP contribution in [0.1, 0.15) is 31.2 Å². The molecule has 6 heteroatoms. The van der Waals surface area contributed by atoms with Gasteiger partial charge in [-0.1, -0.05) is 30.3 Å². The predicted octanol–water partition coefficient (Wildman–Crippen LogP) is 4.25. The fourth-order valence-corrected chi connectivity index (χ4v) is 3.90. The van der Waals surface area contributed by atoms with Gasteiger partial charge < -0.3 is 10.2 Å². The molecule has 0 aromatic heterocycles. The molecule has 1 aliphatic heterocycles. The third-order valence-electron chi connectivity index (χ3n) is 5.25. The SMILES string of the molecule is O=C1C2=C(CCCC2)C(Nc2ccc([N+](=O)[O-])cc2)N1Cc1ccccc1. The molecule has 0 saturated carbocycles. The number of nitro groups is 1. The maximum absolute atomic E-state index is 13.0. The Balaban J connectivity index is 1.61. The molecule has 2 aliphatic rings. The Labute approximate surface area is 157 Å². The number of non-ortho nitro benzene ring substituents is 1. The fourth-order valence-electron chi connectivity index (χ4n) is 3.90. The molecule has 4 rings (SSSR count). The first kappa shape index (κ1) is 17.3. The van der Waals surface area contributed by atoms with Crippen LogP contribution < -0.4 is 5.32 Å². The molecule has 0 radical (unpaired) electrons. The predicted molar refractivity (Wildman–Crippen MR) is 103 cm³/mol. The number of carbonyl (C=O) groups is 1. The minimum atomic E-state index is -0.410. The van der Waals surface area contributed by atoms with Gasteiger partial charge in [0.25, 0.3) is 11.6 Å². The maximum atomic E-state index is 13.0. The van der Waals surface area contributed by atoms with Crippen molar-refractivity contribution in [3.05, 3.63) is 81.4 Å². The van der Waals surface area contributed by atoms with Gasteiger partial charge in [0.2, 0.25) is 0 Å². The van der Waals surface area contributed by atoms with Crippen molar-refractivity contribution in [1.82, 2.24) is 4.90 Å².